The van der Waals surface area contributed by atoms with Gasteiger partial charge in [-0.3, -0.25) is 4.79 Å². The zero-order valence-electron chi connectivity index (χ0n) is 10.2. The van der Waals surface area contributed by atoms with Gasteiger partial charge < -0.3 is 0 Å². The van der Waals surface area contributed by atoms with Gasteiger partial charge >= 0.3 is 0 Å². The van der Waals surface area contributed by atoms with Crippen LogP contribution < -0.4 is 0 Å². The Morgan fingerprint density at radius 1 is 1.16 bits per heavy atom. The summed E-state index contributed by atoms with van der Waals surface area (Å²) in [6, 6.07) is 9.13. The minimum absolute atomic E-state index is 0.137. The van der Waals surface area contributed by atoms with Crippen LogP contribution in [0, 0.1) is 12.7 Å². The van der Waals surface area contributed by atoms with Crippen LogP contribution in [0.3, 0.4) is 0 Å². The zero-order valence-corrected chi connectivity index (χ0v) is 11.7. The van der Waals surface area contributed by atoms with Gasteiger partial charge in [0.2, 0.25) is 0 Å². The van der Waals surface area contributed by atoms with Crippen molar-refractivity contribution in [1.29, 1.82) is 0 Å². The maximum Gasteiger partial charge on any atom is 0.168 e. The Hall–Kier alpha value is -1.38. The number of halogens is 3. The third kappa shape index (κ3) is 3.34. The smallest absolute Gasteiger partial charge is 0.168 e. The van der Waals surface area contributed by atoms with E-state index in [0.29, 0.717) is 15.6 Å². The molecule has 0 unspecified atom stereocenters. The van der Waals surface area contributed by atoms with Crippen LogP contribution >= 0.6 is 23.2 Å². The SMILES string of the molecule is Cc1cc(F)ccc1CC(=O)c1cc(Cl)ccc1Cl. The van der Waals surface area contributed by atoms with Crippen LogP contribution in [0.4, 0.5) is 4.39 Å². The van der Waals surface area contributed by atoms with Crippen molar-refractivity contribution in [2.75, 3.05) is 0 Å². The second-order valence-corrected chi connectivity index (χ2v) is 5.14. The predicted octanol–water partition coefficient (Wildman–Crippen LogP) is 4.87. The summed E-state index contributed by atoms with van der Waals surface area (Å²) in [6.45, 7) is 1.77. The van der Waals surface area contributed by atoms with Crippen molar-refractivity contribution in [2.24, 2.45) is 0 Å². The zero-order chi connectivity index (χ0) is 14.0. The standard InChI is InChI=1S/C15H11Cl2FO/c1-9-6-12(18)4-2-10(9)7-15(19)13-8-11(16)3-5-14(13)17/h2-6,8H,7H2,1H3. The van der Waals surface area contributed by atoms with E-state index in [9.17, 15) is 9.18 Å². The molecule has 0 spiro atoms. The molecular formula is C15H11Cl2FO. The fourth-order valence-electron chi connectivity index (χ4n) is 1.84. The summed E-state index contributed by atoms with van der Waals surface area (Å²) < 4.78 is 13.0. The summed E-state index contributed by atoms with van der Waals surface area (Å²) in [4.78, 5) is 12.2. The molecule has 0 N–H and O–H groups in total. The Kier molecular flexibility index (Phi) is 4.23. The lowest BCUT2D eigenvalue weighted by atomic mass is 9.99. The lowest BCUT2D eigenvalue weighted by Crippen LogP contribution is -2.06. The van der Waals surface area contributed by atoms with Crippen molar-refractivity contribution in [2.45, 2.75) is 13.3 Å². The van der Waals surface area contributed by atoms with Crippen LogP contribution in [0.25, 0.3) is 0 Å². The molecule has 0 fully saturated rings. The van der Waals surface area contributed by atoms with Crippen molar-refractivity contribution in [3.8, 4) is 0 Å². The van der Waals surface area contributed by atoms with Crippen LogP contribution in [0.1, 0.15) is 21.5 Å². The van der Waals surface area contributed by atoms with Crippen LogP contribution in [0.2, 0.25) is 10.0 Å². The molecule has 0 saturated carbocycles. The molecule has 0 radical (unpaired) electrons. The molecule has 0 aromatic heterocycles. The third-order valence-electron chi connectivity index (χ3n) is 2.88. The first-order valence-electron chi connectivity index (χ1n) is 5.70. The van der Waals surface area contributed by atoms with Crippen LogP contribution in [0.15, 0.2) is 36.4 Å². The number of aryl methyl sites for hydroxylation is 1. The third-order valence-corrected chi connectivity index (χ3v) is 3.45. The van der Waals surface area contributed by atoms with E-state index in [4.69, 9.17) is 23.2 Å². The summed E-state index contributed by atoms with van der Waals surface area (Å²) >= 11 is 11.8. The highest BCUT2D eigenvalue weighted by atomic mass is 35.5. The summed E-state index contributed by atoms with van der Waals surface area (Å²) in [6.07, 6.45) is 0.173. The number of ketones is 1. The minimum atomic E-state index is -0.311. The number of hydrogen-bond acceptors (Lipinski definition) is 1. The van der Waals surface area contributed by atoms with E-state index < -0.39 is 0 Å². The van der Waals surface area contributed by atoms with E-state index in [2.05, 4.69) is 0 Å². The Morgan fingerprint density at radius 3 is 2.58 bits per heavy atom. The van der Waals surface area contributed by atoms with E-state index in [1.165, 1.54) is 12.1 Å². The van der Waals surface area contributed by atoms with Crippen LogP contribution in [-0.4, -0.2) is 5.78 Å². The van der Waals surface area contributed by atoms with Crippen molar-refractivity contribution in [3.05, 3.63) is 69.0 Å². The molecule has 0 aliphatic rings. The topological polar surface area (TPSA) is 17.1 Å². The molecule has 0 heterocycles. The molecule has 19 heavy (non-hydrogen) atoms. The van der Waals surface area contributed by atoms with Gasteiger partial charge in [-0.1, -0.05) is 29.3 Å². The molecule has 4 heteroatoms. The van der Waals surface area contributed by atoms with Gasteiger partial charge in [-0.05, 0) is 48.4 Å². The fourth-order valence-corrected chi connectivity index (χ4v) is 2.23. The normalized spacial score (nSPS) is 10.5. The van der Waals surface area contributed by atoms with Crippen molar-refractivity contribution in [1.82, 2.24) is 0 Å². The van der Waals surface area contributed by atoms with Gasteiger partial charge in [0.1, 0.15) is 5.82 Å². The number of carbonyl (C=O) groups excluding carboxylic acids is 1. The van der Waals surface area contributed by atoms with E-state index in [-0.39, 0.29) is 18.0 Å². The van der Waals surface area contributed by atoms with Gasteiger partial charge in [-0.2, -0.15) is 0 Å². The monoisotopic (exact) mass is 296 g/mol. The van der Waals surface area contributed by atoms with E-state index >= 15 is 0 Å². The maximum atomic E-state index is 13.0. The highest BCUT2D eigenvalue weighted by molar-refractivity contribution is 6.35. The van der Waals surface area contributed by atoms with Crippen molar-refractivity contribution in [3.63, 3.8) is 0 Å². The minimum Gasteiger partial charge on any atom is -0.294 e. The molecule has 0 amide bonds. The van der Waals surface area contributed by atoms with Gasteiger partial charge in [0, 0.05) is 17.0 Å². The summed E-state index contributed by atoms with van der Waals surface area (Å²) in [5.74, 6) is -0.448. The van der Waals surface area contributed by atoms with Gasteiger partial charge in [-0.25, -0.2) is 4.39 Å². The predicted molar refractivity (Wildman–Crippen MR) is 75.6 cm³/mol. The lowest BCUT2D eigenvalue weighted by molar-refractivity contribution is 0.0993. The van der Waals surface area contributed by atoms with E-state index in [1.807, 2.05) is 0 Å². The van der Waals surface area contributed by atoms with E-state index in [1.54, 1.807) is 31.2 Å². The summed E-state index contributed by atoms with van der Waals surface area (Å²) in [5.41, 5.74) is 1.91. The summed E-state index contributed by atoms with van der Waals surface area (Å²) in [7, 11) is 0. The first-order valence-corrected chi connectivity index (χ1v) is 6.46. The van der Waals surface area contributed by atoms with Crippen LogP contribution in [-0.2, 0) is 6.42 Å². The lowest BCUT2D eigenvalue weighted by Gasteiger charge is -2.07. The van der Waals surface area contributed by atoms with Crippen LogP contribution in [0.5, 0.6) is 0 Å². The van der Waals surface area contributed by atoms with E-state index in [0.717, 1.165) is 11.1 Å². The molecule has 0 saturated heterocycles. The average Bonchev–Trinajstić information content (AvgIpc) is 2.35. The molecule has 2 aromatic rings. The molecule has 98 valence electrons. The van der Waals surface area contributed by atoms with Gasteiger partial charge in [0.25, 0.3) is 0 Å². The number of carbonyl (C=O) groups is 1. The average molecular weight is 297 g/mol. The summed E-state index contributed by atoms with van der Waals surface area (Å²) in [5, 5.41) is 0.831. The van der Waals surface area contributed by atoms with Gasteiger partial charge in [-0.15, -0.1) is 0 Å². The highest BCUT2D eigenvalue weighted by Crippen LogP contribution is 2.23. The molecule has 2 aromatic carbocycles. The van der Waals surface area contributed by atoms with Gasteiger partial charge in [0.05, 0.1) is 5.02 Å². The molecular weight excluding hydrogens is 286 g/mol. The second kappa shape index (κ2) is 5.72. The number of Topliss-reactive ketones (excluding diaryl/α,β-unsaturated/α-hetero) is 1. The number of benzene rings is 2. The molecule has 2 rings (SSSR count). The number of rotatable bonds is 3. The highest BCUT2D eigenvalue weighted by Gasteiger charge is 2.13. The van der Waals surface area contributed by atoms with Gasteiger partial charge in [0.15, 0.2) is 5.78 Å². The Bertz CT molecular complexity index is 638. The molecule has 0 aliphatic heterocycles. The second-order valence-electron chi connectivity index (χ2n) is 4.29. The Labute approximate surface area is 121 Å². The molecule has 0 aliphatic carbocycles. The fraction of sp³-hybridized carbons (Fsp3) is 0.133. The number of hydrogen-bond donors (Lipinski definition) is 0. The first kappa shape index (κ1) is 14.0. The maximum absolute atomic E-state index is 13.0. The molecule has 1 nitrogen and oxygen atoms in total. The largest absolute Gasteiger partial charge is 0.294 e. The Balaban J connectivity index is 2.28. The van der Waals surface area contributed by atoms with Crippen molar-refractivity contribution < 1.29 is 9.18 Å². The molecule has 0 bridgehead atoms. The molecule has 0 atom stereocenters. The van der Waals surface area contributed by atoms with Crippen molar-refractivity contribution >= 4 is 29.0 Å². The Morgan fingerprint density at radius 2 is 1.89 bits per heavy atom. The quantitative estimate of drug-likeness (QED) is 0.739. The first-order chi connectivity index (χ1) is 8.97.